The number of alkyl halides is 1. The van der Waals surface area contributed by atoms with Gasteiger partial charge in [-0.05, 0) is 30.2 Å². The van der Waals surface area contributed by atoms with Crippen molar-refractivity contribution in [3.8, 4) is 11.1 Å². The molecule has 2 aromatic heterocycles. The molecule has 1 aliphatic carbocycles. The van der Waals surface area contributed by atoms with Crippen LogP contribution in [0.25, 0.3) is 21.3 Å². The van der Waals surface area contributed by atoms with E-state index in [2.05, 4.69) is 9.97 Å². The Morgan fingerprint density at radius 1 is 1.43 bits per heavy atom. The first kappa shape index (κ1) is 13.3. The van der Waals surface area contributed by atoms with E-state index in [-0.39, 0.29) is 10.9 Å². The number of H-pyrrole nitrogens is 1. The lowest BCUT2D eigenvalue weighted by atomic mass is 10.1. The third kappa shape index (κ3) is 1.94. The third-order valence-electron chi connectivity index (χ3n) is 3.72. The Hall–Kier alpha value is -1.36. The second-order valence-electron chi connectivity index (χ2n) is 5.13. The van der Waals surface area contributed by atoms with Gasteiger partial charge in [0.15, 0.2) is 0 Å². The summed E-state index contributed by atoms with van der Waals surface area (Å²) in [4.78, 5) is 21.6. The van der Waals surface area contributed by atoms with Crippen LogP contribution >= 0.6 is 34.5 Å². The molecule has 0 saturated heterocycles. The highest BCUT2D eigenvalue weighted by molar-refractivity contribution is 7.19. The summed E-state index contributed by atoms with van der Waals surface area (Å²) in [5.41, 5.74) is 3.13. The Kier molecular flexibility index (Phi) is 2.89. The third-order valence-corrected chi connectivity index (χ3v) is 5.24. The van der Waals surface area contributed by atoms with Gasteiger partial charge in [-0.25, -0.2) is 4.98 Å². The fraction of sp³-hybridized carbons (Fsp3) is 0.200. The van der Waals surface area contributed by atoms with Crippen molar-refractivity contribution >= 4 is 44.8 Å². The van der Waals surface area contributed by atoms with Crippen LogP contribution in [0.4, 0.5) is 0 Å². The maximum absolute atomic E-state index is 12.4. The maximum Gasteiger partial charge on any atom is 0.260 e. The van der Waals surface area contributed by atoms with Crippen LogP contribution in [-0.2, 0) is 6.42 Å². The van der Waals surface area contributed by atoms with E-state index in [0.717, 1.165) is 27.4 Å². The lowest BCUT2D eigenvalue weighted by Crippen LogP contribution is -2.11. The molecule has 6 heteroatoms. The monoisotopic (exact) mass is 336 g/mol. The van der Waals surface area contributed by atoms with Crippen LogP contribution in [0.3, 0.4) is 0 Å². The predicted molar refractivity (Wildman–Crippen MR) is 87.8 cm³/mol. The minimum atomic E-state index is -0.315. The molecule has 4 rings (SSSR count). The number of thiophene rings is 1. The van der Waals surface area contributed by atoms with Crippen molar-refractivity contribution in [2.45, 2.75) is 18.7 Å². The molecule has 0 spiro atoms. The number of nitrogens with one attached hydrogen (secondary N) is 1. The summed E-state index contributed by atoms with van der Waals surface area (Å²) >= 11 is 13.6. The lowest BCUT2D eigenvalue weighted by Gasteiger charge is -2.04. The Morgan fingerprint density at radius 2 is 2.24 bits per heavy atom. The van der Waals surface area contributed by atoms with Crippen LogP contribution in [0.2, 0.25) is 5.02 Å². The predicted octanol–water partition coefficient (Wildman–Crippen LogP) is 4.51. The zero-order chi connectivity index (χ0) is 14.7. The topological polar surface area (TPSA) is 45.8 Å². The van der Waals surface area contributed by atoms with Crippen LogP contribution < -0.4 is 5.56 Å². The maximum atomic E-state index is 12.4. The van der Waals surface area contributed by atoms with Gasteiger partial charge in [-0.1, -0.05) is 17.7 Å². The summed E-state index contributed by atoms with van der Waals surface area (Å²) in [5.74, 6) is 0.519. The van der Waals surface area contributed by atoms with Crippen molar-refractivity contribution in [1.29, 1.82) is 0 Å². The van der Waals surface area contributed by atoms with E-state index in [1.807, 2.05) is 18.2 Å². The summed E-state index contributed by atoms with van der Waals surface area (Å²) in [6.07, 6.45) is 0.803. The molecule has 21 heavy (non-hydrogen) atoms. The second-order valence-corrected chi connectivity index (χ2v) is 7.30. The standard InChI is InChI=1S/C15H10Cl2N2OS/c1-6(16)13-18-14(20)12-11-9-3-2-8(17)4-7(9)5-10(11)21-15(12)19-13/h2-4,6H,5H2,1H3,(H,18,19,20). The summed E-state index contributed by atoms with van der Waals surface area (Å²) < 4.78 is 0. The molecule has 1 aromatic carbocycles. The fourth-order valence-electron chi connectivity index (χ4n) is 2.79. The van der Waals surface area contributed by atoms with E-state index in [1.54, 1.807) is 18.3 Å². The average molecular weight is 337 g/mol. The van der Waals surface area contributed by atoms with Gasteiger partial charge in [0.05, 0.1) is 10.8 Å². The quantitative estimate of drug-likeness (QED) is 0.520. The molecule has 0 amide bonds. The van der Waals surface area contributed by atoms with Gasteiger partial charge in [-0.15, -0.1) is 22.9 Å². The molecule has 1 N–H and O–H groups in total. The Balaban J connectivity index is 2.05. The Morgan fingerprint density at radius 3 is 3.00 bits per heavy atom. The number of aromatic amines is 1. The van der Waals surface area contributed by atoms with Crippen molar-refractivity contribution in [2.75, 3.05) is 0 Å². The minimum absolute atomic E-state index is 0.122. The SMILES string of the molecule is CC(Cl)c1nc2sc3c(c2c(=O)[nH]1)-c1ccc(Cl)cc1C3. The first-order chi connectivity index (χ1) is 10.0. The number of benzene rings is 1. The number of aromatic nitrogens is 2. The average Bonchev–Trinajstić information content (AvgIpc) is 2.92. The molecule has 0 fully saturated rings. The molecular formula is C15H10Cl2N2OS. The molecule has 3 nitrogen and oxygen atoms in total. The zero-order valence-electron chi connectivity index (χ0n) is 11.0. The van der Waals surface area contributed by atoms with Crippen molar-refractivity contribution < 1.29 is 0 Å². The first-order valence-corrected chi connectivity index (χ1v) is 8.16. The van der Waals surface area contributed by atoms with Gasteiger partial charge >= 0.3 is 0 Å². The second kappa shape index (κ2) is 4.57. The minimum Gasteiger partial charge on any atom is -0.309 e. The number of halogens is 2. The molecule has 0 saturated carbocycles. The van der Waals surface area contributed by atoms with Gasteiger partial charge in [0.25, 0.3) is 5.56 Å². The van der Waals surface area contributed by atoms with Gasteiger partial charge in [-0.2, -0.15) is 0 Å². The van der Waals surface area contributed by atoms with Crippen molar-refractivity contribution in [2.24, 2.45) is 0 Å². The molecule has 0 radical (unpaired) electrons. The molecule has 2 heterocycles. The van der Waals surface area contributed by atoms with Crippen LogP contribution in [0, 0.1) is 0 Å². The van der Waals surface area contributed by atoms with Gasteiger partial charge in [0, 0.05) is 21.9 Å². The Labute approximate surface area is 134 Å². The van der Waals surface area contributed by atoms with Crippen LogP contribution in [-0.4, -0.2) is 9.97 Å². The normalized spacial score (nSPS) is 14.2. The summed E-state index contributed by atoms with van der Waals surface area (Å²) in [6, 6.07) is 5.80. The molecular weight excluding hydrogens is 327 g/mol. The number of hydrogen-bond donors (Lipinski definition) is 1. The fourth-order valence-corrected chi connectivity index (χ4v) is 4.31. The first-order valence-electron chi connectivity index (χ1n) is 6.53. The molecule has 3 aromatic rings. The molecule has 106 valence electrons. The van der Waals surface area contributed by atoms with E-state index in [0.29, 0.717) is 11.2 Å². The number of fused-ring (bicyclic) bond motifs is 5. The number of rotatable bonds is 1. The summed E-state index contributed by atoms with van der Waals surface area (Å²) in [7, 11) is 0. The van der Waals surface area contributed by atoms with Crippen molar-refractivity contribution in [3.05, 3.63) is 49.8 Å². The van der Waals surface area contributed by atoms with Crippen molar-refractivity contribution in [3.63, 3.8) is 0 Å². The largest absolute Gasteiger partial charge is 0.309 e. The Bertz CT molecular complexity index is 943. The van der Waals surface area contributed by atoms with E-state index in [4.69, 9.17) is 23.2 Å². The van der Waals surface area contributed by atoms with Gasteiger partial charge in [0.1, 0.15) is 10.7 Å². The van der Waals surface area contributed by atoms with Gasteiger partial charge < -0.3 is 4.98 Å². The molecule has 1 unspecified atom stereocenters. The lowest BCUT2D eigenvalue weighted by molar-refractivity contribution is 0.917. The number of nitrogens with zero attached hydrogens (tertiary/aromatic N) is 1. The van der Waals surface area contributed by atoms with E-state index < -0.39 is 0 Å². The highest BCUT2D eigenvalue weighted by atomic mass is 35.5. The van der Waals surface area contributed by atoms with Gasteiger partial charge in [0.2, 0.25) is 0 Å². The zero-order valence-corrected chi connectivity index (χ0v) is 13.4. The highest BCUT2D eigenvalue weighted by Gasteiger charge is 2.26. The van der Waals surface area contributed by atoms with Crippen LogP contribution in [0.1, 0.15) is 28.6 Å². The van der Waals surface area contributed by atoms with E-state index >= 15 is 0 Å². The van der Waals surface area contributed by atoms with Gasteiger partial charge in [-0.3, -0.25) is 4.79 Å². The van der Waals surface area contributed by atoms with E-state index in [1.165, 1.54) is 10.4 Å². The smallest absolute Gasteiger partial charge is 0.260 e. The highest BCUT2D eigenvalue weighted by Crippen LogP contribution is 2.45. The summed E-state index contributed by atoms with van der Waals surface area (Å²) in [6.45, 7) is 1.80. The summed E-state index contributed by atoms with van der Waals surface area (Å²) in [5, 5.41) is 1.07. The van der Waals surface area contributed by atoms with Crippen LogP contribution in [0.5, 0.6) is 0 Å². The molecule has 0 bridgehead atoms. The van der Waals surface area contributed by atoms with Crippen molar-refractivity contribution in [1.82, 2.24) is 9.97 Å². The molecule has 1 atom stereocenters. The van der Waals surface area contributed by atoms with E-state index in [9.17, 15) is 4.79 Å². The number of hydrogen-bond acceptors (Lipinski definition) is 3. The molecule has 1 aliphatic rings. The molecule has 0 aliphatic heterocycles. The van der Waals surface area contributed by atoms with Crippen LogP contribution in [0.15, 0.2) is 23.0 Å².